The largest absolute Gasteiger partial charge is 0.412 e. The van der Waals surface area contributed by atoms with Gasteiger partial charge in [0.25, 0.3) is 5.91 Å². The first-order valence-electron chi connectivity index (χ1n) is 7.40. The van der Waals surface area contributed by atoms with Gasteiger partial charge in [0.15, 0.2) is 6.04 Å². The van der Waals surface area contributed by atoms with E-state index in [1.54, 1.807) is 56.3 Å². The summed E-state index contributed by atoms with van der Waals surface area (Å²) in [4.78, 5) is 14.1. The van der Waals surface area contributed by atoms with Crippen LogP contribution in [-0.2, 0) is 0 Å². The zero-order valence-electron chi connectivity index (χ0n) is 13.7. The Morgan fingerprint density at radius 3 is 2.25 bits per heavy atom. The van der Waals surface area contributed by atoms with E-state index in [1.807, 2.05) is 0 Å². The van der Waals surface area contributed by atoms with E-state index < -0.39 is 18.1 Å². The molecule has 2 aromatic carbocycles. The second-order valence-electron chi connectivity index (χ2n) is 5.80. The van der Waals surface area contributed by atoms with Gasteiger partial charge in [-0.3, -0.25) is 4.79 Å². The maximum Gasteiger partial charge on any atom is 0.412 e. The van der Waals surface area contributed by atoms with Gasteiger partial charge < -0.3 is 10.2 Å². The molecule has 0 unspecified atom stereocenters. The Morgan fingerprint density at radius 1 is 1.08 bits per heavy atom. The highest BCUT2D eigenvalue weighted by molar-refractivity contribution is 5.95. The third-order valence-electron chi connectivity index (χ3n) is 3.64. The van der Waals surface area contributed by atoms with Crippen molar-refractivity contribution in [3.8, 4) is 0 Å². The summed E-state index contributed by atoms with van der Waals surface area (Å²) in [6.45, 7) is 1.79. The fourth-order valence-corrected chi connectivity index (χ4v) is 2.25. The Labute approximate surface area is 139 Å². The van der Waals surface area contributed by atoms with Gasteiger partial charge >= 0.3 is 6.18 Å². The standard InChI is InChI=1S/C18H19F3N2O/c1-12-7-9-13(10-8-12)16(18(19,20)21)22-17(24)14-5-4-6-15(11-14)23(2)3/h4-11,16H,1-3H3,(H,22,24)/t16-/m0/s1. The Bertz CT molecular complexity index is 709. The predicted molar refractivity (Wildman–Crippen MR) is 88.2 cm³/mol. The predicted octanol–water partition coefficient (Wildman–Crippen LogP) is 4.09. The fourth-order valence-electron chi connectivity index (χ4n) is 2.25. The van der Waals surface area contributed by atoms with Crippen molar-refractivity contribution in [2.24, 2.45) is 0 Å². The molecule has 1 atom stereocenters. The van der Waals surface area contributed by atoms with Crippen molar-refractivity contribution in [2.45, 2.75) is 19.1 Å². The summed E-state index contributed by atoms with van der Waals surface area (Å²) >= 11 is 0. The summed E-state index contributed by atoms with van der Waals surface area (Å²) in [7, 11) is 3.59. The Balaban J connectivity index is 2.28. The Hall–Kier alpha value is -2.50. The lowest BCUT2D eigenvalue weighted by Gasteiger charge is -2.22. The number of hydrogen-bond donors (Lipinski definition) is 1. The highest BCUT2D eigenvalue weighted by Crippen LogP contribution is 2.33. The zero-order valence-corrected chi connectivity index (χ0v) is 13.7. The lowest BCUT2D eigenvalue weighted by Crippen LogP contribution is -2.38. The second kappa shape index (κ2) is 6.95. The third-order valence-corrected chi connectivity index (χ3v) is 3.64. The van der Waals surface area contributed by atoms with Crippen LogP contribution in [0.3, 0.4) is 0 Å². The van der Waals surface area contributed by atoms with Crippen LogP contribution in [0.4, 0.5) is 18.9 Å². The second-order valence-corrected chi connectivity index (χ2v) is 5.80. The minimum Gasteiger partial charge on any atom is -0.378 e. The zero-order chi connectivity index (χ0) is 17.9. The molecule has 3 nitrogen and oxygen atoms in total. The van der Waals surface area contributed by atoms with E-state index in [2.05, 4.69) is 5.32 Å². The summed E-state index contributed by atoms with van der Waals surface area (Å²) in [5.74, 6) is -0.762. The molecule has 0 aliphatic heterocycles. The lowest BCUT2D eigenvalue weighted by atomic mass is 10.0. The molecule has 0 aromatic heterocycles. The van der Waals surface area contributed by atoms with Gasteiger partial charge in [-0.15, -0.1) is 0 Å². The average Bonchev–Trinajstić information content (AvgIpc) is 2.52. The molecule has 0 heterocycles. The van der Waals surface area contributed by atoms with E-state index in [4.69, 9.17) is 0 Å². The van der Waals surface area contributed by atoms with E-state index in [1.165, 1.54) is 18.2 Å². The molecule has 0 aliphatic carbocycles. The fraction of sp³-hybridized carbons (Fsp3) is 0.278. The minimum absolute atomic E-state index is 0.00483. The van der Waals surface area contributed by atoms with Crippen LogP contribution in [0.15, 0.2) is 48.5 Å². The van der Waals surface area contributed by atoms with Crippen molar-refractivity contribution in [1.82, 2.24) is 5.32 Å². The normalized spacial score (nSPS) is 12.6. The summed E-state index contributed by atoms with van der Waals surface area (Å²) in [5.41, 5.74) is 1.78. The van der Waals surface area contributed by atoms with E-state index in [-0.39, 0.29) is 11.1 Å². The average molecular weight is 336 g/mol. The molecular formula is C18H19F3N2O. The number of benzene rings is 2. The monoisotopic (exact) mass is 336 g/mol. The molecule has 2 aromatic rings. The molecule has 24 heavy (non-hydrogen) atoms. The number of halogens is 3. The molecule has 0 saturated carbocycles. The number of anilines is 1. The highest BCUT2D eigenvalue weighted by atomic mass is 19.4. The van der Waals surface area contributed by atoms with Crippen molar-refractivity contribution >= 4 is 11.6 Å². The number of hydrogen-bond acceptors (Lipinski definition) is 2. The minimum atomic E-state index is -4.58. The molecule has 0 aliphatic rings. The molecule has 0 radical (unpaired) electrons. The number of carbonyl (C=O) groups excluding carboxylic acids is 1. The van der Waals surface area contributed by atoms with Gasteiger partial charge in [0, 0.05) is 25.3 Å². The maximum absolute atomic E-state index is 13.4. The van der Waals surface area contributed by atoms with Gasteiger partial charge in [-0.05, 0) is 30.7 Å². The summed E-state index contributed by atoms with van der Waals surface area (Å²) in [5, 5.41) is 2.09. The molecule has 0 saturated heterocycles. The van der Waals surface area contributed by atoms with E-state index in [0.717, 1.165) is 11.3 Å². The first-order chi connectivity index (χ1) is 11.2. The molecule has 128 valence electrons. The number of aryl methyl sites for hydroxylation is 1. The van der Waals surface area contributed by atoms with Crippen LogP contribution in [0.1, 0.15) is 27.5 Å². The van der Waals surface area contributed by atoms with Crippen molar-refractivity contribution in [1.29, 1.82) is 0 Å². The number of alkyl halides is 3. The Morgan fingerprint density at radius 2 is 1.71 bits per heavy atom. The van der Waals surface area contributed by atoms with E-state index >= 15 is 0 Å². The van der Waals surface area contributed by atoms with Gasteiger partial charge in [0.05, 0.1) is 0 Å². The quantitative estimate of drug-likeness (QED) is 0.912. The molecule has 2 rings (SSSR count). The summed E-state index contributed by atoms with van der Waals surface area (Å²) < 4.78 is 40.1. The van der Waals surface area contributed by atoms with Crippen molar-refractivity contribution in [2.75, 3.05) is 19.0 Å². The van der Waals surface area contributed by atoms with Gasteiger partial charge in [-0.2, -0.15) is 13.2 Å². The Kier molecular flexibility index (Phi) is 5.17. The van der Waals surface area contributed by atoms with Crippen LogP contribution >= 0.6 is 0 Å². The number of carbonyl (C=O) groups is 1. The lowest BCUT2D eigenvalue weighted by molar-refractivity contribution is -0.155. The number of nitrogens with zero attached hydrogens (tertiary/aromatic N) is 1. The molecule has 1 N–H and O–H groups in total. The van der Waals surface area contributed by atoms with Gasteiger partial charge in [-0.1, -0.05) is 35.9 Å². The van der Waals surface area contributed by atoms with Crippen molar-refractivity contribution in [3.63, 3.8) is 0 Å². The molecule has 1 amide bonds. The van der Waals surface area contributed by atoms with Crippen molar-refractivity contribution < 1.29 is 18.0 Å². The molecule has 0 fully saturated rings. The van der Waals surface area contributed by atoms with E-state index in [9.17, 15) is 18.0 Å². The highest BCUT2D eigenvalue weighted by Gasteiger charge is 2.42. The number of nitrogens with one attached hydrogen (secondary N) is 1. The number of amides is 1. The molecule has 0 bridgehead atoms. The summed E-state index contributed by atoms with van der Waals surface area (Å²) in [6.07, 6.45) is -4.58. The van der Waals surface area contributed by atoms with Gasteiger partial charge in [0.2, 0.25) is 0 Å². The molecular weight excluding hydrogens is 317 g/mol. The smallest absolute Gasteiger partial charge is 0.378 e. The first kappa shape index (κ1) is 17.8. The van der Waals surface area contributed by atoms with Crippen LogP contribution in [0.2, 0.25) is 0 Å². The van der Waals surface area contributed by atoms with Gasteiger partial charge in [-0.25, -0.2) is 0 Å². The summed E-state index contributed by atoms with van der Waals surface area (Å²) in [6, 6.07) is 10.3. The van der Waals surface area contributed by atoms with Crippen LogP contribution in [-0.4, -0.2) is 26.2 Å². The van der Waals surface area contributed by atoms with Crippen LogP contribution in [0, 0.1) is 6.92 Å². The number of rotatable bonds is 4. The molecule has 0 spiro atoms. The van der Waals surface area contributed by atoms with Crippen LogP contribution in [0.25, 0.3) is 0 Å². The third kappa shape index (κ3) is 4.28. The first-order valence-corrected chi connectivity index (χ1v) is 7.40. The van der Waals surface area contributed by atoms with E-state index in [0.29, 0.717) is 0 Å². The van der Waals surface area contributed by atoms with Gasteiger partial charge in [0.1, 0.15) is 0 Å². The van der Waals surface area contributed by atoms with Crippen LogP contribution < -0.4 is 10.2 Å². The molecule has 6 heteroatoms. The van der Waals surface area contributed by atoms with Crippen molar-refractivity contribution in [3.05, 3.63) is 65.2 Å². The van der Waals surface area contributed by atoms with Crippen LogP contribution in [0.5, 0.6) is 0 Å². The maximum atomic E-state index is 13.4. The topological polar surface area (TPSA) is 32.3 Å². The SMILES string of the molecule is Cc1ccc([C@H](NC(=O)c2cccc(N(C)C)c2)C(F)(F)F)cc1.